The molecule has 0 N–H and O–H groups in total. The van der Waals surface area contributed by atoms with Crippen LogP contribution in [0.25, 0.3) is 0 Å². The average Bonchev–Trinajstić information content (AvgIpc) is 2.78. The summed E-state index contributed by atoms with van der Waals surface area (Å²) in [4.78, 5) is 3.94. The summed E-state index contributed by atoms with van der Waals surface area (Å²) in [5, 5.41) is 7.32. The van der Waals surface area contributed by atoms with Gasteiger partial charge in [-0.1, -0.05) is 13.3 Å². The van der Waals surface area contributed by atoms with Gasteiger partial charge in [0.15, 0.2) is 10.1 Å². The molecule has 1 aromatic rings. The minimum absolute atomic E-state index is 0. The van der Waals surface area contributed by atoms with Crippen LogP contribution in [-0.4, -0.2) is 28.0 Å². The van der Waals surface area contributed by atoms with Gasteiger partial charge in [-0.05, 0) is 6.42 Å². The van der Waals surface area contributed by atoms with Crippen LogP contribution in [0.4, 0.5) is 13.2 Å². The van der Waals surface area contributed by atoms with Crippen molar-refractivity contribution in [1.29, 1.82) is 5.26 Å². The van der Waals surface area contributed by atoms with Crippen LogP contribution < -0.4 is 0 Å². The van der Waals surface area contributed by atoms with Gasteiger partial charge in [-0.2, -0.15) is 18.4 Å². The predicted molar refractivity (Wildman–Crippen MR) is 64.2 cm³/mol. The number of halogens is 3. The van der Waals surface area contributed by atoms with Gasteiger partial charge in [-0.15, -0.1) is 0 Å². The summed E-state index contributed by atoms with van der Waals surface area (Å²) >= 11 is 0. The number of imidazole rings is 1. The van der Waals surface area contributed by atoms with Crippen LogP contribution in [0.2, 0.25) is 0 Å². The van der Waals surface area contributed by atoms with E-state index in [2.05, 4.69) is 16.5 Å². The topological polar surface area (TPSA) is 98.8 Å². The van der Waals surface area contributed by atoms with Crippen molar-refractivity contribution >= 4 is 10.1 Å². The molecule has 0 atom stereocenters. The third-order valence-corrected chi connectivity index (χ3v) is 2.18. The van der Waals surface area contributed by atoms with Crippen molar-refractivity contribution in [2.24, 2.45) is 0 Å². The zero-order valence-corrected chi connectivity index (χ0v) is 13.0. The molecule has 126 valence electrons. The number of hydrogen-bond acceptors (Lipinski definition) is 5. The first-order chi connectivity index (χ1) is 9.10. The summed E-state index contributed by atoms with van der Waals surface area (Å²) in [6, 6.07) is 1.75. The Balaban J connectivity index is -0.000000252. The van der Waals surface area contributed by atoms with Gasteiger partial charge in [0.1, 0.15) is 0 Å². The number of hydrogen-bond donors (Lipinski definition) is 0. The summed E-state index contributed by atoms with van der Waals surface area (Å²) in [5.41, 5.74) is -5.65. The number of rotatable bonds is 3. The fraction of sp³-hybridized carbons (Fsp3) is 0.600. The fourth-order valence-electron chi connectivity index (χ4n) is 0.760. The summed E-state index contributed by atoms with van der Waals surface area (Å²) in [6.45, 7) is 4.73. The Kier molecular flexibility index (Phi) is 15.0. The number of alkyl halides is 3. The first kappa shape index (κ1) is 24.9. The van der Waals surface area contributed by atoms with Crippen molar-refractivity contribution in [3.63, 3.8) is 0 Å². The molecule has 0 aliphatic carbocycles. The molecule has 0 amide bonds. The van der Waals surface area contributed by atoms with E-state index in [1.807, 2.05) is 18.7 Å². The van der Waals surface area contributed by atoms with E-state index in [9.17, 15) is 13.2 Å². The summed E-state index contributed by atoms with van der Waals surface area (Å²) in [7, 11) is -6.09. The monoisotopic (exact) mass is 377 g/mol. The molecule has 0 unspecified atom stereocenters. The van der Waals surface area contributed by atoms with Crippen molar-refractivity contribution < 1.29 is 43.2 Å². The first-order valence-corrected chi connectivity index (χ1v) is 6.79. The molecule has 0 aromatic carbocycles. The quantitative estimate of drug-likeness (QED) is 0.457. The van der Waals surface area contributed by atoms with Crippen LogP contribution >= 0.6 is 0 Å². The molecule has 0 aliphatic rings. The van der Waals surface area contributed by atoms with Crippen LogP contribution in [0.15, 0.2) is 18.7 Å². The maximum Gasteiger partial charge on any atom is 1.00 e. The van der Waals surface area contributed by atoms with Gasteiger partial charge >= 0.3 is 22.6 Å². The predicted octanol–water partition coefficient (Wildman–Crippen LogP) is 2.26. The Morgan fingerprint density at radius 3 is 2.10 bits per heavy atom. The normalized spacial score (nSPS) is 9.95. The van der Waals surface area contributed by atoms with Crippen molar-refractivity contribution in [3.8, 4) is 6.07 Å². The number of nitriles is 1. The molecular weight excluding hydrogens is 363 g/mol. The summed E-state index contributed by atoms with van der Waals surface area (Å²) in [5.74, 6) is 0. The van der Waals surface area contributed by atoms with E-state index in [4.69, 9.17) is 18.2 Å². The van der Waals surface area contributed by atoms with Crippen LogP contribution in [0.1, 0.15) is 26.7 Å². The molecule has 0 bridgehead atoms. The SMILES string of the molecule is CC#N.CCCCn1ccnc1.O=S(=O)([O-])C(F)(F)F.[Cu+]. The van der Waals surface area contributed by atoms with Gasteiger partial charge in [0.05, 0.1) is 12.4 Å². The molecule has 0 saturated carbocycles. The zero-order valence-electron chi connectivity index (χ0n) is 11.3. The first-order valence-electron chi connectivity index (χ1n) is 5.38. The minimum atomic E-state index is -6.09. The average molecular weight is 378 g/mol. The van der Waals surface area contributed by atoms with Crippen molar-refractivity contribution in [3.05, 3.63) is 18.7 Å². The smallest absolute Gasteiger partial charge is 0.741 e. The van der Waals surface area contributed by atoms with Crippen molar-refractivity contribution in [1.82, 2.24) is 9.55 Å². The molecule has 0 aliphatic heterocycles. The third-order valence-electron chi connectivity index (χ3n) is 1.61. The van der Waals surface area contributed by atoms with E-state index >= 15 is 0 Å². The minimum Gasteiger partial charge on any atom is -0.741 e. The molecule has 21 heavy (non-hydrogen) atoms. The second kappa shape index (κ2) is 12.6. The fourth-order valence-corrected chi connectivity index (χ4v) is 0.760. The Bertz CT molecular complexity index is 484. The number of aryl methyl sites for hydroxylation is 1. The van der Waals surface area contributed by atoms with E-state index in [1.165, 1.54) is 19.8 Å². The Morgan fingerprint density at radius 1 is 1.43 bits per heavy atom. The van der Waals surface area contributed by atoms with Gasteiger partial charge in [0.2, 0.25) is 0 Å². The van der Waals surface area contributed by atoms with Crippen LogP contribution in [0.3, 0.4) is 0 Å². The maximum absolute atomic E-state index is 10.7. The maximum atomic E-state index is 10.7. The molecule has 0 saturated heterocycles. The molecule has 0 spiro atoms. The van der Waals surface area contributed by atoms with Crippen LogP contribution in [0, 0.1) is 11.3 Å². The zero-order chi connectivity index (χ0) is 16.2. The molecule has 0 fully saturated rings. The van der Waals surface area contributed by atoms with E-state index in [-0.39, 0.29) is 17.1 Å². The molecule has 0 radical (unpaired) electrons. The standard InChI is InChI=1S/C7H12N2.C2H3N.CHF3O3S.Cu/c1-2-3-5-9-6-4-8-7-9;1-2-3;2-1(3,4)8(5,6)7;/h4,6-7H,2-3,5H2,1H3;1H3;(H,5,6,7);/q;;;+1/p-1. The molecule has 1 heterocycles. The van der Waals surface area contributed by atoms with E-state index in [1.54, 1.807) is 6.07 Å². The second-order valence-electron chi connectivity index (χ2n) is 3.28. The van der Waals surface area contributed by atoms with Crippen molar-refractivity contribution in [2.45, 2.75) is 38.7 Å². The third kappa shape index (κ3) is 15.1. The van der Waals surface area contributed by atoms with Crippen LogP contribution in [-0.2, 0) is 33.7 Å². The van der Waals surface area contributed by atoms with Gasteiger partial charge < -0.3 is 9.12 Å². The van der Waals surface area contributed by atoms with Gasteiger partial charge in [0, 0.05) is 25.9 Å². The van der Waals surface area contributed by atoms with E-state index < -0.39 is 15.6 Å². The molecule has 6 nitrogen and oxygen atoms in total. The molecular formula is C10H15CuF3N3O3S. The van der Waals surface area contributed by atoms with Gasteiger partial charge in [0.25, 0.3) is 0 Å². The molecule has 11 heteroatoms. The molecule has 1 aromatic heterocycles. The Labute approximate surface area is 132 Å². The second-order valence-corrected chi connectivity index (χ2v) is 4.65. The summed E-state index contributed by atoms with van der Waals surface area (Å²) in [6.07, 6.45) is 8.16. The van der Waals surface area contributed by atoms with Gasteiger partial charge in [-0.3, -0.25) is 0 Å². The number of nitrogens with zero attached hydrogens (tertiary/aromatic N) is 3. The number of aromatic nitrogens is 2. The van der Waals surface area contributed by atoms with E-state index in [0.29, 0.717) is 0 Å². The van der Waals surface area contributed by atoms with Crippen LogP contribution in [0.5, 0.6) is 0 Å². The Hall–Kier alpha value is -1.08. The Morgan fingerprint density at radius 2 is 1.86 bits per heavy atom. The van der Waals surface area contributed by atoms with E-state index in [0.717, 1.165) is 6.54 Å². The molecule has 1 rings (SSSR count). The largest absolute Gasteiger partial charge is 1.00 e. The van der Waals surface area contributed by atoms with Gasteiger partial charge in [-0.25, -0.2) is 13.4 Å². The summed E-state index contributed by atoms with van der Waals surface area (Å²) < 4.78 is 61.0. The number of unbranched alkanes of at least 4 members (excludes halogenated alkanes) is 1. The van der Waals surface area contributed by atoms with Crippen molar-refractivity contribution in [2.75, 3.05) is 0 Å².